The van der Waals surface area contributed by atoms with Crippen molar-refractivity contribution in [3.63, 3.8) is 0 Å². The average Bonchev–Trinajstić information content (AvgIpc) is 2.91. The van der Waals surface area contributed by atoms with Crippen molar-refractivity contribution in [1.82, 2.24) is 4.57 Å². The van der Waals surface area contributed by atoms with Gasteiger partial charge in [0.25, 0.3) is 15.6 Å². The molecule has 2 aromatic carbocycles. The van der Waals surface area contributed by atoms with Crippen molar-refractivity contribution in [1.29, 1.82) is 0 Å². The lowest BCUT2D eigenvalue weighted by molar-refractivity contribution is 0.0854. The first-order chi connectivity index (χ1) is 18.1. The molecule has 0 fully saturated rings. The Labute approximate surface area is 224 Å². The number of methoxy groups -OCH3 is 1. The largest absolute Gasteiger partial charge is 0.493 e. The Kier molecular flexibility index (Phi) is 9.83. The monoisotopic (exact) mass is 565 g/mol. The number of azo groups is 1. The normalized spacial score (nSPS) is 11.8. The fourth-order valence-corrected chi connectivity index (χ4v) is 4.75. The van der Waals surface area contributed by atoms with Gasteiger partial charge >= 0.3 is 0 Å². The van der Waals surface area contributed by atoms with E-state index in [1.807, 2.05) is 0 Å². The zero-order chi connectivity index (χ0) is 27.9. The first-order valence-electron chi connectivity index (χ1n) is 11.3. The van der Waals surface area contributed by atoms with Crippen molar-refractivity contribution in [3.8, 4) is 5.88 Å². The van der Waals surface area contributed by atoms with Gasteiger partial charge in [-0.3, -0.25) is 13.7 Å². The van der Waals surface area contributed by atoms with Crippen LogP contribution in [0.3, 0.4) is 0 Å². The summed E-state index contributed by atoms with van der Waals surface area (Å²) in [7, 11) is -1.04. The molecule has 0 radical (unpaired) electrons. The van der Waals surface area contributed by atoms with Crippen LogP contribution in [-0.2, 0) is 32.6 Å². The van der Waals surface area contributed by atoms with Gasteiger partial charge < -0.3 is 25.4 Å². The minimum atomic E-state index is -3.86. The molecule has 0 amide bonds. The molecule has 38 heavy (non-hydrogen) atoms. The standard InChI is InChI=1S/C24H28ClN5O7S/c1-29(18-7-3-16(25)4-8-18)38(34,35)19-9-5-17(6-10-19)27-28-22-20(15-36-2)21(26)23(32)30(24(22)33)11-13-37-14-12-31/h3-10,31-32H,11-15,26H2,1-2H3. The van der Waals surface area contributed by atoms with Crippen LogP contribution in [0.2, 0.25) is 5.02 Å². The summed E-state index contributed by atoms with van der Waals surface area (Å²) in [5.41, 5.74) is 5.96. The van der Waals surface area contributed by atoms with E-state index in [2.05, 4.69) is 10.2 Å². The van der Waals surface area contributed by atoms with Crippen LogP contribution < -0.4 is 15.6 Å². The lowest BCUT2D eigenvalue weighted by Gasteiger charge is -2.19. The van der Waals surface area contributed by atoms with Gasteiger partial charge in [-0.1, -0.05) is 11.6 Å². The number of aliphatic hydroxyl groups is 1. The van der Waals surface area contributed by atoms with Crippen LogP contribution in [-0.4, -0.2) is 57.2 Å². The van der Waals surface area contributed by atoms with Gasteiger partial charge in [-0.15, -0.1) is 5.11 Å². The van der Waals surface area contributed by atoms with Crippen molar-refractivity contribution < 1.29 is 28.1 Å². The Morgan fingerprint density at radius 3 is 2.34 bits per heavy atom. The topological polar surface area (TPSA) is 169 Å². The summed E-state index contributed by atoms with van der Waals surface area (Å²) >= 11 is 5.89. The van der Waals surface area contributed by atoms with Gasteiger partial charge in [0.1, 0.15) is 5.69 Å². The summed E-state index contributed by atoms with van der Waals surface area (Å²) in [6, 6.07) is 12.0. The van der Waals surface area contributed by atoms with Crippen LogP contribution in [0.15, 0.2) is 68.4 Å². The minimum absolute atomic E-state index is 0.0214. The van der Waals surface area contributed by atoms with Crippen molar-refractivity contribution in [2.45, 2.75) is 18.0 Å². The lowest BCUT2D eigenvalue weighted by atomic mass is 10.2. The number of aliphatic hydroxyl groups excluding tert-OH is 1. The first-order valence-corrected chi connectivity index (χ1v) is 13.1. The molecule has 204 valence electrons. The molecule has 0 atom stereocenters. The third kappa shape index (κ3) is 6.49. The van der Waals surface area contributed by atoms with E-state index in [-0.39, 0.29) is 60.5 Å². The number of pyridine rings is 1. The van der Waals surface area contributed by atoms with E-state index in [0.717, 1.165) is 8.87 Å². The summed E-state index contributed by atoms with van der Waals surface area (Å²) in [6.07, 6.45) is 0. The van der Waals surface area contributed by atoms with Gasteiger partial charge in [-0.25, -0.2) is 8.42 Å². The predicted octanol–water partition coefficient (Wildman–Crippen LogP) is 3.19. The Morgan fingerprint density at radius 1 is 1.08 bits per heavy atom. The van der Waals surface area contributed by atoms with Gasteiger partial charge in [0, 0.05) is 24.7 Å². The van der Waals surface area contributed by atoms with Gasteiger partial charge in [-0.05, 0) is 48.5 Å². The molecule has 0 saturated carbocycles. The maximum Gasteiger partial charge on any atom is 0.281 e. The molecule has 3 aromatic rings. The zero-order valence-corrected chi connectivity index (χ0v) is 22.3. The number of benzene rings is 2. The van der Waals surface area contributed by atoms with Crippen molar-refractivity contribution in [2.24, 2.45) is 10.2 Å². The van der Waals surface area contributed by atoms with E-state index < -0.39 is 21.5 Å². The fraction of sp³-hybridized carbons (Fsp3) is 0.292. The highest BCUT2D eigenvalue weighted by Crippen LogP contribution is 2.31. The Morgan fingerprint density at radius 2 is 1.74 bits per heavy atom. The second-order valence-corrected chi connectivity index (χ2v) is 10.3. The molecule has 3 rings (SSSR count). The number of nitrogens with two attached hydrogens (primary N) is 1. The molecule has 1 heterocycles. The van der Waals surface area contributed by atoms with Crippen LogP contribution in [0, 0.1) is 0 Å². The number of anilines is 2. The minimum Gasteiger partial charge on any atom is -0.493 e. The molecular weight excluding hydrogens is 538 g/mol. The number of sulfonamides is 1. The van der Waals surface area contributed by atoms with Gasteiger partial charge in [0.2, 0.25) is 5.88 Å². The SMILES string of the molecule is COCc1c(N)c(O)n(CCOCCO)c(=O)c1N=Nc1ccc(S(=O)(=O)N(C)c2ccc(Cl)cc2)cc1. The number of ether oxygens (including phenoxy) is 2. The maximum atomic E-state index is 13.1. The summed E-state index contributed by atoms with van der Waals surface area (Å²) in [4.78, 5) is 13.1. The van der Waals surface area contributed by atoms with Crippen LogP contribution >= 0.6 is 11.6 Å². The Hall–Kier alpha value is -3.49. The van der Waals surface area contributed by atoms with Crippen LogP contribution in [0.5, 0.6) is 5.88 Å². The summed E-state index contributed by atoms with van der Waals surface area (Å²) in [5, 5.41) is 27.9. The molecule has 1 aromatic heterocycles. The number of halogens is 1. The first kappa shape index (κ1) is 29.1. The Bertz CT molecular complexity index is 1440. The van der Waals surface area contributed by atoms with Crippen molar-refractivity contribution in [2.75, 3.05) is 44.0 Å². The zero-order valence-electron chi connectivity index (χ0n) is 20.7. The third-order valence-corrected chi connectivity index (χ3v) is 7.54. The molecule has 0 aliphatic carbocycles. The molecule has 0 spiro atoms. The molecule has 0 saturated heterocycles. The number of nitrogens with zero attached hydrogens (tertiary/aromatic N) is 4. The molecule has 4 N–H and O–H groups in total. The second-order valence-electron chi connectivity index (χ2n) is 7.93. The molecule has 14 heteroatoms. The smallest absolute Gasteiger partial charge is 0.281 e. The molecule has 0 aliphatic heterocycles. The van der Waals surface area contributed by atoms with E-state index in [1.165, 1.54) is 38.4 Å². The number of hydrogen-bond acceptors (Lipinski definition) is 10. The highest BCUT2D eigenvalue weighted by molar-refractivity contribution is 7.92. The average molecular weight is 566 g/mol. The quantitative estimate of drug-likeness (QED) is 0.222. The van der Waals surface area contributed by atoms with Gasteiger partial charge in [0.05, 0.1) is 49.2 Å². The maximum absolute atomic E-state index is 13.1. The highest BCUT2D eigenvalue weighted by atomic mass is 35.5. The number of rotatable bonds is 12. The van der Waals surface area contributed by atoms with Gasteiger partial charge in [0.15, 0.2) is 5.69 Å². The van der Waals surface area contributed by atoms with E-state index in [4.69, 9.17) is 31.9 Å². The second kappa shape index (κ2) is 12.8. The molecule has 0 bridgehead atoms. The molecule has 0 aliphatic rings. The van der Waals surface area contributed by atoms with E-state index >= 15 is 0 Å². The number of hydrogen-bond donors (Lipinski definition) is 3. The number of aromatic nitrogens is 1. The van der Waals surface area contributed by atoms with Crippen molar-refractivity contribution >= 4 is 44.4 Å². The van der Waals surface area contributed by atoms with Crippen LogP contribution in [0.4, 0.5) is 22.7 Å². The van der Waals surface area contributed by atoms with Gasteiger partial charge in [-0.2, -0.15) is 5.11 Å². The summed E-state index contributed by atoms with van der Waals surface area (Å²) < 4.78 is 38.4. The lowest BCUT2D eigenvalue weighted by Crippen LogP contribution is -2.26. The van der Waals surface area contributed by atoms with Crippen molar-refractivity contribution in [3.05, 3.63) is 69.5 Å². The fourth-order valence-electron chi connectivity index (χ4n) is 3.42. The van der Waals surface area contributed by atoms with Crippen LogP contribution in [0.25, 0.3) is 0 Å². The molecule has 12 nitrogen and oxygen atoms in total. The van der Waals surface area contributed by atoms with E-state index in [1.54, 1.807) is 24.3 Å². The highest BCUT2D eigenvalue weighted by Gasteiger charge is 2.22. The van der Waals surface area contributed by atoms with E-state index in [0.29, 0.717) is 10.7 Å². The van der Waals surface area contributed by atoms with Crippen LogP contribution in [0.1, 0.15) is 5.56 Å². The number of nitrogen functional groups attached to an aromatic ring is 1. The molecular formula is C24H28ClN5O7S. The number of aromatic hydroxyl groups is 1. The predicted molar refractivity (Wildman–Crippen MR) is 143 cm³/mol. The third-order valence-electron chi connectivity index (χ3n) is 5.49. The molecule has 0 unspecified atom stereocenters. The summed E-state index contributed by atoms with van der Waals surface area (Å²) in [6.45, 7) is -0.237. The Balaban J connectivity index is 1.90. The van der Waals surface area contributed by atoms with E-state index in [9.17, 15) is 18.3 Å². The summed E-state index contributed by atoms with van der Waals surface area (Å²) in [5.74, 6) is -0.465.